The molecule has 22 heavy (non-hydrogen) atoms. The first-order valence-corrected chi connectivity index (χ1v) is 7.94. The lowest BCUT2D eigenvalue weighted by Crippen LogP contribution is -2.03. The van der Waals surface area contributed by atoms with Crippen LogP contribution in [-0.2, 0) is 0 Å². The molecule has 0 fully saturated rings. The molecule has 2 aromatic carbocycles. The number of benzene rings is 2. The van der Waals surface area contributed by atoms with Crippen molar-refractivity contribution in [3.05, 3.63) is 76.9 Å². The van der Waals surface area contributed by atoms with Gasteiger partial charge >= 0.3 is 0 Å². The topological polar surface area (TPSA) is 43.1 Å². The van der Waals surface area contributed by atoms with Gasteiger partial charge in [-0.05, 0) is 42.7 Å². The standard InChI is InChI=1S/C19H17NOS/c1-12-8-9-15(10-13(12)2)18(21)16-11-17(22-19(16)20)14-6-4-3-5-7-14/h3-11H,20H2,1-2H3. The van der Waals surface area contributed by atoms with Gasteiger partial charge in [0.1, 0.15) is 0 Å². The summed E-state index contributed by atoms with van der Waals surface area (Å²) in [4.78, 5) is 13.7. The number of nitrogen functional groups attached to an aromatic ring is 1. The highest BCUT2D eigenvalue weighted by atomic mass is 32.1. The number of carbonyl (C=O) groups excluding carboxylic acids is 1. The predicted octanol–water partition coefficient (Wildman–Crippen LogP) is 4.85. The van der Waals surface area contributed by atoms with Crippen LogP contribution in [-0.4, -0.2) is 5.78 Å². The Labute approximate surface area is 134 Å². The van der Waals surface area contributed by atoms with E-state index in [4.69, 9.17) is 5.73 Å². The molecule has 0 saturated heterocycles. The Hall–Kier alpha value is -2.39. The maximum Gasteiger partial charge on any atom is 0.196 e. The number of nitrogens with two attached hydrogens (primary N) is 1. The van der Waals surface area contributed by atoms with E-state index >= 15 is 0 Å². The number of thiophene rings is 1. The Balaban J connectivity index is 2.00. The third-order valence-electron chi connectivity index (χ3n) is 3.83. The summed E-state index contributed by atoms with van der Waals surface area (Å²) in [5.41, 5.74) is 10.7. The van der Waals surface area contributed by atoms with Crippen molar-refractivity contribution in [3.8, 4) is 10.4 Å². The molecule has 0 unspecified atom stereocenters. The molecule has 0 bridgehead atoms. The van der Waals surface area contributed by atoms with Crippen molar-refractivity contribution in [1.82, 2.24) is 0 Å². The van der Waals surface area contributed by atoms with E-state index < -0.39 is 0 Å². The Kier molecular flexibility index (Phi) is 3.82. The Morgan fingerprint density at radius 3 is 2.36 bits per heavy atom. The van der Waals surface area contributed by atoms with Crippen molar-refractivity contribution in [2.24, 2.45) is 0 Å². The SMILES string of the molecule is Cc1ccc(C(=O)c2cc(-c3ccccc3)sc2N)cc1C. The van der Waals surface area contributed by atoms with Gasteiger partial charge in [0.05, 0.1) is 10.6 Å². The number of ketones is 1. The second-order valence-corrected chi connectivity index (χ2v) is 6.47. The van der Waals surface area contributed by atoms with Crippen molar-refractivity contribution in [2.75, 3.05) is 5.73 Å². The van der Waals surface area contributed by atoms with E-state index in [1.54, 1.807) is 0 Å². The number of anilines is 1. The average Bonchev–Trinajstić information content (AvgIpc) is 2.92. The molecule has 2 nitrogen and oxygen atoms in total. The van der Waals surface area contributed by atoms with Crippen LogP contribution in [0, 0.1) is 13.8 Å². The van der Waals surface area contributed by atoms with Gasteiger partial charge in [0.15, 0.2) is 5.78 Å². The van der Waals surface area contributed by atoms with Crippen LogP contribution in [0.3, 0.4) is 0 Å². The zero-order valence-electron chi connectivity index (χ0n) is 12.6. The van der Waals surface area contributed by atoms with Crippen molar-refractivity contribution < 1.29 is 4.79 Å². The zero-order chi connectivity index (χ0) is 15.7. The van der Waals surface area contributed by atoms with Gasteiger partial charge in [-0.25, -0.2) is 0 Å². The van der Waals surface area contributed by atoms with E-state index in [0.717, 1.165) is 16.0 Å². The number of rotatable bonds is 3. The number of hydrogen-bond acceptors (Lipinski definition) is 3. The first-order valence-electron chi connectivity index (χ1n) is 7.13. The summed E-state index contributed by atoms with van der Waals surface area (Å²) in [6.45, 7) is 4.05. The normalized spacial score (nSPS) is 10.6. The fourth-order valence-corrected chi connectivity index (χ4v) is 3.29. The molecule has 1 aromatic heterocycles. The third-order valence-corrected chi connectivity index (χ3v) is 4.85. The average molecular weight is 307 g/mol. The van der Waals surface area contributed by atoms with Crippen molar-refractivity contribution in [3.63, 3.8) is 0 Å². The summed E-state index contributed by atoms with van der Waals surface area (Å²) in [6, 6.07) is 17.6. The van der Waals surface area contributed by atoms with Crippen molar-refractivity contribution in [1.29, 1.82) is 0 Å². The highest BCUT2D eigenvalue weighted by molar-refractivity contribution is 7.19. The van der Waals surface area contributed by atoms with Crippen LogP contribution >= 0.6 is 11.3 Å². The second-order valence-electron chi connectivity index (χ2n) is 5.38. The maximum absolute atomic E-state index is 12.7. The van der Waals surface area contributed by atoms with Crippen LogP contribution in [0.15, 0.2) is 54.6 Å². The van der Waals surface area contributed by atoms with Crippen LogP contribution < -0.4 is 5.73 Å². The molecular formula is C19H17NOS. The lowest BCUT2D eigenvalue weighted by atomic mass is 10.00. The van der Waals surface area contributed by atoms with Gasteiger partial charge < -0.3 is 5.73 Å². The van der Waals surface area contributed by atoms with E-state index in [1.165, 1.54) is 16.9 Å². The molecule has 0 saturated carbocycles. The largest absolute Gasteiger partial charge is 0.390 e. The van der Waals surface area contributed by atoms with Gasteiger partial charge in [0.2, 0.25) is 0 Å². The quantitative estimate of drug-likeness (QED) is 0.703. The first kappa shape index (κ1) is 14.5. The molecule has 1 heterocycles. The van der Waals surface area contributed by atoms with E-state index in [1.807, 2.05) is 68.4 Å². The Morgan fingerprint density at radius 1 is 0.955 bits per heavy atom. The second kappa shape index (κ2) is 5.78. The maximum atomic E-state index is 12.7. The van der Waals surface area contributed by atoms with E-state index in [0.29, 0.717) is 16.1 Å². The monoisotopic (exact) mass is 307 g/mol. The number of aryl methyl sites for hydroxylation is 2. The van der Waals surface area contributed by atoms with Crippen LogP contribution in [0.4, 0.5) is 5.00 Å². The third kappa shape index (κ3) is 2.68. The van der Waals surface area contributed by atoms with Gasteiger partial charge in [-0.1, -0.05) is 42.5 Å². The minimum Gasteiger partial charge on any atom is -0.390 e. The van der Waals surface area contributed by atoms with E-state index in [2.05, 4.69) is 0 Å². The molecule has 110 valence electrons. The van der Waals surface area contributed by atoms with Gasteiger partial charge in [-0.3, -0.25) is 4.79 Å². The first-order chi connectivity index (χ1) is 10.6. The van der Waals surface area contributed by atoms with Crippen LogP contribution in [0.2, 0.25) is 0 Å². The van der Waals surface area contributed by atoms with Crippen LogP contribution in [0.25, 0.3) is 10.4 Å². The van der Waals surface area contributed by atoms with Crippen molar-refractivity contribution in [2.45, 2.75) is 13.8 Å². The number of carbonyl (C=O) groups is 1. The molecule has 3 heteroatoms. The highest BCUT2D eigenvalue weighted by Gasteiger charge is 2.17. The lowest BCUT2D eigenvalue weighted by Gasteiger charge is -2.04. The molecule has 0 aliphatic carbocycles. The smallest absolute Gasteiger partial charge is 0.196 e. The summed E-state index contributed by atoms with van der Waals surface area (Å²) in [7, 11) is 0. The van der Waals surface area contributed by atoms with Crippen LogP contribution in [0.5, 0.6) is 0 Å². The summed E-state index contributed by atoms with van der Waals surface area (Å²) >= 11 is 1.45. The van der Waals surface area contributed by atoms with E-state index in [-0.39, 0.29) is 5.78 Å². The number of hydrogen-bond donors (Lipinski definition) is 1. The van der Waals surface area contributed by atoms with Gasteiger partial charge in [0.25, 0.3) is 0 Å². The fourth-order valence-electron chi connectivity index (χ4n) is 2.37. The molecular weight excluding hydrogens is 290 g/mol. The Bertz CT molecular complexity index is 834. The fraction of sp³-hybridized carbons (Fsp3) is 0.105. The van der Waals surface area contributed by atoms with Gasteiger partial charge in [-0.2, -0.15) is 0 Å². The molecule has 3 rings (SSSR count). The minimum atomic E-state index is -0.0148. The Morgan fingerprint density at radius 2 is 1.68 bits per heavy atom. The van der Waals surface area contributed by atoms with Crippen molar-refractivity contribution >= 4 is 22.1 Å². The van der Waals surface area contributed by atoms with Gasteiger partial charge in [0, 0.05) is 10.4 Å². The van der Waals surface area contributed by atoms with E-state index in [9.17, 15) is 4.79 Å². The summed E-state index contributed by atoms with van der Waals surface area (Å²) in [5.74, 6) is -0.0148. The van der Waals surface area contributed by atoms with Gasteiger partial charge in [-0.15, -0.1) is 11.3 Å². The molecule has 0 aliphatic rings. The molecule has 0 radical (unpaired) electrons. The molecule has 0 spiro atoms. The molecule has 0 amide bonds. The summed E-state index contributed by atoms with van der Waals surface area (Å²) in [6.07, 6.45) is 0. The summed E-state index contributed by atoms with van der Waals surface area (Å²) < 4.78 is 0. The predicted molar refractivity (Wildman–Crippen MR) is 93.5 cm³/mol. The highest BCUT2D eigenvalue weighted by Crippen LogP contribution is 2.34. The molecule has 0 atom stereocenters. The molecule has 0 aliphatic heterocycles. The lowest BCUT2D eigenvalue weighted by molar-refractivity contribution is 0.104. The zero-order valence-corrected chi connectivity index (χ0v) is 13.4. The minimum absolute atomic E-state index is 0.0148. The summed E-state index contributed by atoms with van der Waals surface area (Å²) in [5, 5.41) is 0.571. The molecule has 3 aromatic rings. The molecule has 2 N–H and O–H groups in total. The van der Waals surface area contributed by atoms with Crippen LogP contribution in [0.1, 0.15) is 27.0 Å².